The van der Waals surface area contributed by atoms with E-state index in [1.54, 1.807) is 60.7 Å². The number of hydrogen-bond donors (Lipinski definition) is 0. The number of carbonyl (C=O) groups excluding carboxylic acids is 4. The molecular formula is C102H122F2N2O8S5. The average Bonchev–Trinajstić information content (AvgIpc) is 1.62. The van der Waals surface area contributed by atoms with Crippen LogP contribution in [-0.4, -0.2) is 58.3 Å². The van der Waals surface area contributed by atoms with Gasteiger partial charge in [-0.05, 0) is 160 Å². The van der Waals surface area contributed by atoms with Crippen LogP contribution in [0.5, 0.6) is 23.0 Å². The van der Waals surface area contributed by atoms with Gasteiger partial charge >= 0.3 is 0 Å². The van der Waals surface area contributed by atoms with Gasteiger partial charge in [0.1, 0.15) is 34.0 Å². The Bertz CT molecular complexity index is 4710. The number of ether oxygens (including phenoxy) is 4. The number of halogens is 2. The van der Waals surface area contributed by atoms with Crippen LogP contribution in [0, 0.1) is 35.3 Å². The van der Waals surface area contributed by atoms with Crippen LogP contribution >= 0.6 is 57.1 Å². The van der Waals surface area contributed by atoms with Gasteiger partial charge in [-0.3, -0.25) is 19.2 Å². The second-order valence-corrected chi connectivity index (χ2v) is 37.9. The molecule has 0 saturated carbocycles. The molecule has 12 rings (SSSR count). The van der Waals surface area contributed by atoms with Crippen molar-refractivity contribution in [1.82, 2.24) is 8.75 Å². The summed E-state index contributed by atoms with van der Waals surface area (Å²) in [6.07, 6.45) is 38.9. The number of hydrogen-bond acceptors (Lipinski definition) is 15. The number of nitrogens with zero attached hydrogens (tertiary/aromatic N) is 2. The highest BCUT2D eigenvalue weighted by Crippen LogP contribution is 2.52. The number of unbranched alkanes of at least 4 members (excludes halogenated alkanes) is 16. The van der Waals surface area contributed by atoms with E-state index in [0.717, 1.165) is 230 Å². The minimum atomic E-state index is -1.02. The Morgan fingerprint density at radius 3 is 0.832 bits per heavy atom. The van der Waals surface area contributed by atoms with Crippen molar-refractivity contribution in [3.05, 3.63) is 176 Å². The number of carbonyl (C=O) groups is 4. The van der Waals surface area contributed by atoms with E-state index in [-0.39, 0.29) is 56.4 Å². The van der Waals surface area contributed by atoms with Gasteiger partial charge in [-0.2, -0.15) is 8.75 Å². The zero-order valence-electron chi connectivity index (χ0n) is 71.4. The fourth-order valence-electron chi connectivity index (χ4n) is 16.7. The van der Waals surface area contributed by atoms with Gasteiger partial charge in [-0.1, -0.05) is 258 Å². The molecule has 0 aliphatic heterocycles. The van der Waals surface area contributed by atoms with E-state index in [1.807, 2.05) is 48.5 Å². The fraction of sp³-hybridized carbons (Fsp3) is 0.471. The molecule has 2 aliphatic carbocycles. The van der Waals surface area contributed by atoms with Crippen molar-refractivity contribution in [3.8, 4) is 85.6 Å². The number of aromatic nitrogens is 2. The number of fused-ring (bicyclic) bond motifs is 3. The van der Waals surface area contributed by atoms with Crippen LogP contribution in [0.4, 0.5) is 8.78 Å². The molecular weight excluding hydrogens is 1580 g/mol. The van der Waals surface area contributed by atoms with Crippen LogP contribution in [0.2, 0.25) is 0 Å². The van der Waals surface area contributed by atoms with Crippen LogP contribution in [0.15, 0.2) is 132 Å². The molecule has 5 aromatic carbocycles. The van der Waals surface area contributed by atoms with Gasteiger partial charge in [0.15, 0.2) is 34.8 Å². The predicted octanol–water partition coefficient (Wildman–Crippen LogP) is 31.8. The molecule has 632 valence electrons. The summed E-state index contributed by atoms with van der Waals surface area (Å²) >= 11 is 6.64. The lowest BCUT2D eigenvalue weighted by Crippen LogP contribution is -2.14. The smallest absolute Gasteiger partial charge is 0.197 e. The molecule has 0 amide bonds. The summed E-state index contributed by atoms with van der Waals surface area (Å²) in [5, 5.41) is 0. The summed E-state index contributed by atoms with van der Waals surface area (Å²) in [6, 6.07) is 38.1. The van der Waals surface area contributed by atoms with E-state index in [4.69, 9.17) is 27.7 Å². The summed E-state index contributed by atoms with van der Waals surface area (Å²) in [5.74, 6) is 0.731. The third kappa shape index (κ3) is 23.0. The Labute approximate surface area is 726 Å². The molecule has 5 aromatic heterocycles. The summed E-state index contributed by atoms with van der Waals surface area (Å²) in [4.78, 5) is 60.9. The molecule has 0 saturated heterocycles. The van der Waals surface area contributed by atoms with Crippen LogP contribution in [0.1, 0.15) is 312 Å². The molecule has 5 heterocycles. The highest BCUT2D eigenvalue weighted by molar-refractivity contribution is 7.19. The monoisotopic (exact) mass is 1700 g/mol. The largest absolute Gasteiger partial charge is 0.493 e. The zero-order chi connectivity index (χ0) is 83.6. The van der Waals surface area contributed by atoms with E-state index in [9.17, 15) is 19.2 Å². The van der Waals surface area contributed by atoms with Gasteiger partial charge in [0.2, 0.25) is 0 Å². The van der Waals surface area contributed by atoms with Crippen molar-refractivity contribution in [3.63, 3.8) is 0 Å². The Morgan fingerprint density at radius 2 is 0.555 bits per heavy atom. The first-order valence-corrected chi connectivity index (χ1v) is 48.9. The van der Waals surface area contributed by atoms with Crippen LogP contribution < -0.4 is 18.9 Å². The van der Waals surface area contributed by atoms with Gasteiger partial charge in [-0.25, -0.2) is 8.78 Å². The normalized spacial score (nSPS) is 13.7. The second-order valence-electron chi connectivity index (χ2n) is 33.0. The quantitative estimate of drug-likeness (QED) is 0.0206. The molecule has 4 unspecified atom stereocenters. The molecule has 0 spiro atoms. The minimum absolute atomic E-state index is 0.0390. The standard InChI is InChI=1S/C102H122F2N2O8S5/c1-9-17-25-29-41-67(37-21-13-5)63-111-83-61-79(85(113-65-69(39-23-15-7)43-31-27-19-11-3)59-77(83)87-51-49-71(115-87)57-81-99(107)73-45-33-34-46-74(73)100(81)108)89-53-55-91(117-89)93-95(103)96(104)94(98-97(93)105-119-106-98)92-56-54-90(118-92)80-62-84(112-64-68(38-22-14-6)42-30-26-18-10-2)78(60-86(80)114-66-70(40-24-16-8)44-32-28-20-12-4)88-52-50-72(116-88)58-82-101(109)75-47-35-36-48-76(75)102(82)110/h33-36,45-62,67-70H,9-32,37-44,63-66H2,1-8H3. The van der Waals surface area contributed by atoms with Gasteiger partial charge in [0.05, 0.1) is 60.4 Å². The predicted molar refractivity (Wildman–Crippen MR) is 497 cm³/mol. The SMILES string of the molecule is CCCCCCC(CCCC)COc1cc(-c2ccc(-c3c(F)c(F)c(-c4ccc(-c5cc(OCC(CCCC)CCCCCC)c(-c6ccc(C=C7C(=O)c8ccccc8C7=O)s6)cc5OCC(CCCC)CCCCCC)s4)c4nsnc34)s2)c(OCC(CCCC)CCCCCC)cc1-c1ccc(C=C2C(=O)c3ccccc3C2=O)s1. The van der Waals surface area contributed by atoms with E-state index in [0.29, 0.717) is 105 Å². The van der Waals surface area contributed by atoms with Crippen molar-refractivity contribution < 1.29 is 46.9 Å². The summed E-state index contributed by atoms with van der Waals surface area (Å²) < 4.78 is 74.8. The van der Waals surface area contributed by atoms with E-state index in [1.165, 1.54) is 83.9 Å². The lowest BCUT2D eigenvalue weighted by atomic mass is 9.95. The Morgan fingerprint density at radius 1 is 0.303 bits per heavy atom. The van der Waals surface area contributed by atoms with Crippen LogP contribution in [-0.2, 0) is 0 Å². The maximum absolute atomic E-state index is 18.2. The lowest BCUT2D eigenvalue weighted by Gasteiger charge is -2.22. The van der Waals surface area contributed by atoms with Gasteiger partial charge in [0.25, 0.3) is 0 Å². The number of thiophene rings is 4. The number of ketones is 4. The molecule has 4 atom stereocenters. The highest BCUT2D eigenvalue weighted by atomic mass is 32.1. The minimum Gasteiger partial charge on any atom is -0.493 e. The molecule has 0 bridgehead atoms. The Hall–Kier alpha value is -8.06. The maximum Gasteiger partial charge on any atom is 0.197 e. The van der Waals surface area contributed by atoms with Gasteiger partial charge in [-0.15, -0.1) is 45.3 Å². The number of allylic oxidation sites excluding steroid dienone is 2. The first-order chi connectivity index (χ1) is 58.2. The molecule has 0 fully saturated rings. The Balaban J connectivity index is 0.946. The number of Topliss-reactive ketones (excluding diaryl/α,β-unsaturated/α-hetero) is 4. The highest BCUT2D eigenvalue weighted by Gasteiger charge is 2.36. The molecule has 119 heavy (non-hydrogen) atoms. The number of benzene rings is 5. The van der Waals surface area contributed by atoms with E-state index in [2.05, 4.69) is 79.7 Å². The van der Waals surface area contributed by atoms with Crippen molar-refractivity contribution >= 4 is 103 Å². The summed E-state index contributed by atoms with van der Waals surface area (Å²) in [7, 11) is 0. The topological polar surface area (TPSA) is 131 Å². The van der Waals surface area contributed by atoms with E-state index >= 15 is 8.78 Å². The molecule has 17 heteroatoms. The first-order valence-electron chi connectivity index (χ1n) is 44.9. The van der Waals surface area contributed by atoms with Crippen molar-refractivity contribution in [1.29, 1.82) is 0 Å². The molecule has 10 nitrogen and oxygen atoms in total. The molecule has 0 radical (unpaired) electrons. The Kier molecular flexibility index (Phi) is 34.6. The van der Waals surface area contributed by atoms with Gasteiger partial charge < -0.3 is 18.9 Å². The van der Waals surface area contributed by atoms with Crippen molar-refractivity contribution in [2.45, 2.75) is 261 Å². The van der Waals surface area contributed by atoms with Crippen LogP contribution in [0.3, 0.4) is 0 Å². The second kappa shape index (κ2) is 45.7. The van der Waals surface area contributed by atoms with Crippen molar-refractivity contribution in [2.24, 2.45) is 23.7 Å². The van der Waals surface area contributed by atoms with Crippen molar-refractivity contribution in [2.75, 3.05) is 26.4 Å². The lowest BCUT2D eigenvalue weighted by molar-refractivity contribution is 0.0975. The molecule has 10 aromatic rings. The third-order valence-electron chi connectivity index (χ3n) is 23.8. The van der Waals surface area contributed by atoms with Crippen LogP contribution in [0.25, 0.3) is 85.8 Å². The average molecular weight is 1700 g/mol. The maximum atomic E-state index is 18.2. The van der Waals surface area contributed by atoms with E-state index < -0.39 is 11.6 Å². The molecule has 0 N–H and O–H groups in total. The molecule has 2 aliphatic rings. The zero-order valence-corrected chi connectivity index (χ0v) is 75.5. The fourth-order valence-corrected chi connectivity index (χ4v) is 21.4. The van der Waals surface area contributed by atoms with Gasteiger partial charge in [0, 0.05) is 83.5 Å². The summed E-state index contributed by atoms with van der Waals surface area (Å²) in [5.41, 5.74) is 5.79. The number of rotatable bonds is 52. The first kappa shape index (κ1) is 90.2. The third-order valence-corrected chi connectivity index (χ3v) is 28.7. The summed E-state index contributed by atoms with van der Waals surface area (Å²) in [6.45, 7) is 19.9.